The van der Waals surface area contributed by atoms with Crippen LogP contribution in [0.25, 0.3) is 21.3 Å². The molecule has 2 heterocycles. The maximum Gasteiger partial charge on any atom is 0.294 e. The molecule has 0 atom stereocenters. The molecule has 0 aliphatic rings. The average molecular weight is 539 g/mol. The number of aromatic nitrogens is 4. The molecule has 1 N–H and O–H groups in total. The zero-order valence-electron chi connectivity index (χ0n) is 21.6. The highest BCUT2D eigenvalue weighted by atomic mass is 32.1. The summed E-state index contributed by atoms with van der Waals surface area (Å²) in [6, 6.07) is 9.61. The number of likely N-dealkylation sites (N-methyl/N-ethyl adjacent to an activating group) is 2. The number of benzene rings is 2. The SMILES string of the molecule is COc1cc(N(C)CCN(C)C)c([N+](=O)[O-])cc1Nc1nccc(-c2nnc(-c3ccc(C)c(F)c3)s2)n1. The molecular formula is C25H27FN8O3S. The lowest BCUT2D eigenvalue weighted by atomic mass is 10.1. The first-order valence-corrected chi connectivity index (χ1v) is 12.4. The molecule has 0 saturated carbocycles. The standard InChI is InChI=1S/C25H27FN8O3S/c1-15-6-7-16(12-17(15)26)23-30-31-24(38-23)18-8-9-27-25(28-18)29-19-13-21(34(35)36)20(14-22(19)37-5)33(4)11-10-32(2)3/h6-9,12-14H,10-11H2,1-5H3,(H,27,28,29). The molecule has 0 radical (unpaired) electrons. The largest absolute Gasteiger partial charge is 0.494 e. The highest BCUT2D eigenvalue weighted by Gasteiger charge is 2.22. The fraction of sp³-hybridized carbons (Fsp3) is 0.280. The molecule has 198 valence electrons. The lowest BCUT2D eigenvalue weighted by Crippen LogP contribution is -2.28. The van der Waals surface area contributed by atoms with Gasteiger partial charge in [-0.25, -0.2) is 14.4 Å². The summed E-state index contributed by atoms with van der Waals surface area (Å²) in [7, 11) is 7.17. The number of halogens is 1. The number of nitro groups is 1. The van der Waals surface area contributed by atoms with Gasteiger partial charge < -0.3 is 19.9 Å². The summed E-state index contributed by atoms with van der Waals surface area (Å²) in [5, 5.41) is 24.4. The van der Waals surface area contributed by atoms with Crippen molar-refractivity contribution in [3.8, 4) is 27.0 Å². The molecule has 13 heteroatoms. The third-order valence-corrected chi connectivity index (χ3v) is 6.75. The number of hydrogen-bond donors (Lipinski definition) is 1. The summed E-state index contributed by atoms with van der Waals surface area (Å²) in [4.78, 5) is 24.0. The summed E-state index contributed by atoms with van der Waals surface area (Å²) in [6.45, 7) is 3.01. The molecule has 0 aliphatic heterocycles. The molecule has 0 spiro atoms. The van der Waals surface area contributed by atoms with Gasteiger partial charge in [0.1, 0.15) is 28.0 Å². The maximum absolute atomic E-state index is 14.0. The zero-order chi connectivity index (χ0) is 27.4. The molecule has 2 aromatic heterocycles. The van der Waals surface area contributed by atoms with Gasteiger partial charge in [0.25, 0.3) is 5.69 Å². The van der Waals surface area contributed by atoms with Crippen LogP contribution in [0.2, 0.25) is 0 Å². The van der Waals surface area contributed by atoms with Crippen LogP contribution in [0, 0.1) is 22.9 Å². The monoisotopic (exact) mass is 538 g/mol. The van der Waals surface area contributed by atoms with Crippen LogP contribution in [0.3, 0.4) is 0 Å². The minimum atomic E-state index is -0.430. The van der Waals surface area contributed by atoms with Crippen molar-refractivity contribution in [2.45, 2.75) is 6.92 Å². The van der Waals surface area contributed by atoms with Crippen molar-refractivity contribution in [2.75, 3.05) is 51.6 Å². The Morgan fingerprint density at radius 1 is 1.11 bits per heavy atom. The van der Waals surface area contributed by atoms with Gasteiger partial charge >= 0.3 is 0 Å². The Labute approximate surface area is 223 Å². The number of ether oxygens (including phenoxy) is 1. The van der Waals surface area contributed by atoms with E-state index in [4.69, 9.17) is 4.74 Å². The molecule has 0 bridgehead atoms. The van der Waals surface area contributed by atoms with Crippen LogP contribution >= 0.6 is 11.3 Å². The van der Waals surface area contributed by atoms with Crippen molar-refractivity contribution < 1.29 is 14.1 Å². The Morgan fingerprint density at radius 3 is 2.55 bits per heavy atom. The molecule has 4 aromatic rings. The van der Waals surface area contributed by atoms with Crippen LogP contribution in [0.5, 0.6) is 5.75 Å². The number of nitrogens with one attached hydrogen (secondary N) is 1. The van der Waals surface area contributed by atoms with E-state index >= 15 is 0 Å². The minimum Gasteiger partial charge on any atom is -0.494 e. The molecule has 0 amide bonds. The molecule has 0 aliphatic carbocycles. The van der Waals surface area contributed by atoms with Crippen molar-refractivity contribution in [3.63, 3.8) is 0 Å². The molecular weight excluding hydrogens is 511 g/mol. The lowest BCUT2D eigenvalue weighted by molar-refractivity contribution is -0.384. The predicted molar refractivity (Wildman–Crippen MR) is 146 cm³/mol. The molecule has 0 saturated heterocycles. The topological polar surface area (TPSA) is 122 Å². The Hall–Kier alpha value is -4.23. The Kier molecular flexibility index (Phi) is 8.08. The van der Waals surface area contributed by atoms with Gasteiger partial charge in [0.05, 0.1) is 17.7 Å². The number of rotatable bonds is 10. The van der Waals surface area contributed by atoms with Gasteiger partial charge in [-0.3, -0.25) is 10.1 Å². The first-order valence-electron chi connectivity index (χ1n) is 11.6. The highest BCUT2D eigenvalue weighted by molar-refractivity contribution is 7.17. The van der Waals surface area contributed by atoms with Crippen molar-refractivity contribution in [1.29, 1.82) is 0 Å². The summed E-state index contributed by atoms with van der Waals surface area (Å²) in [6.07, 6.45) is 1.54. The first kappa shape index (κ1) is 26.8. The third-order valence-electron chi connectivity index (χ3n) is 5.75. The van der Waals surface area contributed by atoms with Crippen molar-refractivity contribution >= 4 is 34.3 Å². The number of methoxy groups -OCH3 is 1. The quantitative estimate of drug-likeness (QED) is 0.223. The van der Waals surface area contributed by atoms with E-state index in [0.717, 1.165) is 6.54 Å². The molecule has 0 fully saturated rings. The third kappa shape index (κ3) is 6.01. The van der Waals surface area contributed by atoms with Crippen LogP contribution in [0.15, 0.2) is 42.6 Å². The first-order chi connectivity index (χ1) is 18.2. The molecule has 2 aromatic carbocycles. The fourth-order valence-corrected chi connectivity index (χ4v) is 4.38. The highest BCUT2D eigenvalue weighted by Crippen LogP contribution is 2.39. The van der Waals surface area contributed by atoms with E-state index in [2.05, 4.69) is 25.5 Å². The second-order valence-electron chi connectivity index (χ2n) is 8.79. The predicted octanol–water partition coefficient (Wildman–Crippen LogP) is 4.77. The van der Waals surface area contributed by atoms with Gasteiger partial charge in [-0.1, -0.05) is 23.5 Å². The van der Waals surface area contributed by atoms with Crippen LogP contribution in [-0.2, 0) is 0 Å². The van der Waals surface area contributed by atoms with E-state index < -0.39 is 4.92 Å². The fourth-order valence-electron chi connectivity index (χ4n) is 3.57. The van der Waals surface area contributed by atoms with Gasteiger partial charge in [0.15, 0.2) is 5.01 Å². The van der Waals surface area contributed by atoms with Crippen molar-refractivity contribution in [2.24, 2.45) is 0 Å². The molecule has 0 unspecified atom stereocenters. The van der Waals surface area contributed by atoms with Gasteiger partial charge in [-0.2, -0.15) is 0 Å². The van der Waals surface area contributed by atoms with Gasteiger partial charge in [-0.05, 0) is 38.7 Å². The minimum absolute atomic E-state index is 0.0789. The maximum atomic E-state index is 14.0. The van der Waals surface area contributed by atoms with E-state index in [1.807, 2.05) is 23.9 Å². The van der Waals surface area contributed by atoms with E-state index in [1.165, 1.54) is 30.6 Å². The number of anilines is 3. The molecule has 11 nitrogen and oxygen atoms in total. The number of hydrogen-bond acceptors (Lipinski definition) is 11. The zero-order valence-corrected chi connectivity index (χ0v) is 22.4. The summed E-state index contributed by atoms with van der Waals surface area (Å²) in [5.74, 6) is 0.281. The number of nitro benzene ring substituents is 1. The van der Waals surface area contributed by atoms with Crippen LogP contribution in [0.1, 0.15) is 5.56 Å². The lowest BCUT2D eigenvalue weighted by Gasteiger charge is -2.22. The number of aryl methyl sites for hydroxylation is 1. The van der Waals surface area contributed by atoms with E-state index in [1.54, 1.807) is 44.4 Å². The smallest absolute Gasteiger partial charge is 0.294 e. The van der Waals surface area contributed by atoms with Gasteiger partial charge in [-0.15, -0.1) is 10.2 Å². The second-order valence-corrected chi connectivity index (χ2v) is 9.77. The Balaban J connectivity index is 1.62. The summed E-state index contributed by atoms with van der Waals surface area (Å²) >= 11 is 1.26. The molecule has 4 rings (SSSR count). The van der Waals surface area contributed by atoms with Crippen molar-refractivity contribution in [1.82, 2.24) is 25.1 Å². The average Bonchev–Trinajstić information content (AvgIpc) is 3.39. The Bertz CT molecular complexity index is 1460. The second kappa shape index (κ2) is 11.4. The van der Waals surface area contributed by atoms with Crippen LogP contribution < -0.4 is 15.0 Å². The van der Waals surface area contributed by atoms with Gasteiger partial charge in [0, 0.05) is 44.0 Å². The normalized spacial score (nSPS) is 11.0. The van der Waals surface area contributed by atoms with E-state index in [0.29, 0.717) is 50.5 Å². The van der Waals surface area contributed by atoms with Crippen LogP contribution in [-0.4, -0.2) is 71.3 Å². The van der Waals surface area contributed by atoms with Crippen molar-refractivity contribution in [3.05, 3.63) is 64.1 Å². The Morgan fingerprint density at radius 2 is 1.87 bits per heavy atom. The van der Waals surface area contributed by atoms with Gasteiger partial charge in [0.2, 0.25) is 5.95 Å². The molecule has 38 heavy (non-hydrogen) atoms. The van der Waals surface area contributed by atoms with E-state index in [9.17, 15) is 14.5 Å². The van der Waals surface area contributed by atoms with E-state index in [-0.39, 0.29) is 17.5 Å². The summed E-state index contributed by atoms with van der Waals surface area (Å²) < 4.78 is 19.5. The van der Waals surface area contributed by atoms with Crippen LogP contribution in [0.4, 0.5) is 27.4 Å². The number of nitrogens with zero attached hydrogens (tertiary/aromatic N) is 7. The summed E-state index contributed by atoms with van der Waals surface area (Å²) in [5.41, 5.74) is 2.36.